The molecule has 0 amide bonds. The van der Waals surface area contributed by atoms with Crippen LogP contribution in [0.3, 0.4) is 0 Å². The van der Waals surface area contributed by atoms with E-state index < -0.39 is 7.12 Å². The van der Waals surface area contributed by atoms with Crippen LogP contribution in [-0.2, 0) is 14.4 Å². The summed E-state index contributed by atoms with van der Waals surface area (Å²) in [4.78, 5) is 10.3. The molecule has 0 fully saturated rings. The van der Waals surface area contributed by atoms with Gasteiger partial charge in [0, 0.05) is 14.1 Å². The zero-order valence-electron chi connectivity index (χ0n) is 10.1. The normalized spacial score (nSPS) is 10.8. The van der Waals surface area contributed by atoms with Crippen molar-refractivity contribution in [1.29, 1.82) is 0 Å². The van der Waals surface area contributed by atoms with Crippen LogP contribution < -0.4 is 5.46 Å². The Balaban J connectivity index is 2.56. The largest absolute Gasteiger partial charge is 0.542 e. The first-order valence-electron chi connectivity index (χ1n) is 5.41. The number of hydroxylamine groups is 2. The molecule has 0 N–H and O–H groups in total. The topological polar surface area (TPSA) is 30.9 Å². The summed E-state index contributed by atoms with van der Waals surface area (Å²) in [5.74, 6) is 0. The predicted molar refractivity (Wildman–Crippen MR) is 63.9 cm³/mol. The van der Waals surface area contributed by atoms with E-state index >= 15 is 0 Å². The molecule has 0 spiro atoms. The Labute approximate surface area is 97.1 Å². The fourth-order valence-electron chi connectivity index (χ4n) is 1.13. The Morgan fingerprint density at radius 3 is 2.44 bits per heavy atom. The lowest BCUT2D eigenvalue weighted by atomic mass is 9.80. The van der Waals surface area contributed by atoms with Gasteiger partial charge in [0.15, 0.2) is 0 Å². The van der Waals surface area contributed by atoms with Crippen LogP contribution in [-0.4, -0.2) is 32.9 Å². The maximum atomic E-state index is 5.47. The molecule has 0 aliphatic rings. The van der Waals surface area contributed by atoms with Crippen LogP contribution in [0, 0.1) is 0 Å². The van der Waals surface area contributed by atoms with Crippen molar-refractivity contribution in [3.63, 3.8) is 0 Å². The zero-order valence-corrected chi connectivity index (χ0v) is 10.1. The second-order valence-corrected chi connectivity index (χ2v) is 3.58. The van der Waals surface area contributed by atoms with Crippen molar-refractivity contribution in [2.24, 2.45) is 0 Å². The Kier molecular flexibility index (Phi) is 6.11. The minimum atomic E-state index is -0.525. The van der Waals surface area contributed by atoms with Gasteiger partial charge in [0.1, 0.15) is 0 Å². The van der Waals surface area contributed by atoms with Gasteiger partial charge in [0.25, 0.3) is 0 Å². The van der Waals surface area contributed by atoms with Gasteiger partial charge in [0.2, 0.25) is 0 Å². The van der Waals surface area contributed by atoms with E-state index in [2.05, 4.69) is 0 Å². The zero-order chi connectivity index (χ0) is 11.8. The average Bonchev–Trinajstić information content (AvgIpc) is 2.29. The Bertz CT molecular complexity index is 282. The summed E-state index contributed by atoms with van der Waals surface area (Å²) in [6.07, 6.45) is 0.906. The van der Waals surface area contributed by atoms with E-state index in [0.29, 0.717) is 6.61 Å². The molecule has 1 rings (SSSR count). The lowest BCUT2D eigenvalue weighted by molar-refractivity contribution is -0.234. The first-order chi connectivity index (χ1) is 7.74. The van der Waals surface area contributed by atoms with E-state index in [0.717, 1.165) is 11.9 Å². The van der Waals surface area contributed by atoms with Gasteiger partial charge in [-0.2, -0.15) is 0 Å². The molecular formula is C11H18BNO3. The number of benzene rings is 1. The van der Waals surface area contributed by atoms with Crippen molar-refractivity contribution < 1.29 is 14.4 Å². The lowest BCUT2D eigenvalue weighted by Crippen LogP contribution is -2.41. The van der Waals surface area contributed by atoms with E-state index in [9.17, 15) is 0 Å². The summed E-state index contributed by atoms with van der Waals surface area (Å²) < 4.78 is 5.47. The Morgan fingerprint density at radius 2 is 1.88 bits per heavy atom. The first kappa shape index (κ1) is 13.2. The smallest absolute Gasteiger partial charge is 0.318 e. The molecule has 0 aliphatic carbocycles. The van der Waals surface area contributed by atoms with Gasteiger partial charge < -0.3 is 4.76 Å². The van der Waals surface area contributed by atoms with Crippen LogP contribution in [0.4, 0.5) is 0 Å². The Hall–Kier alpha value is -0.875. The maximum Gasteiger partial charge on any atom is 0.542 e. The van der Waals surface area contributed by atoms with Gasteiger partial charge >= 0.3 is 7.12 Å². The molecule has 0 aromatic heterocycles. The van der Waals surface area contributed by atoms with E-state index in [4.69, 9.17) is 14.4 Å². The van der Waals surface area contributed by atoms with Crippen LogP contribution in [0.2, 0.25) is 0 Å². The second-order valence-electron chi connectivity index (χ2n) is 3.58. The standard InChI is InChI=1S/C11H18BNO3/c1-4-10-14-16-12(15-13(2)3)11-8-6-5-7-9-11/h5-9H,4,10H2,1-3H3. The highest BCUT2D eigenvalue weighted by atomic mass is 17.2. The molecule has 1 aromatic carbocycles. The quantitative estimate of drug-likeness (QED) is 0.301. The van der Waals surface area contributed by atoms with Crippen molar-refractivity contribution in [2.75, 3.05) is 20.7 Å². The van der Waals surface area contributed by atoms with Crippen molar-refractivity contribution >= 4 is 12.6 Å². The second kappa shape index (κ2) is 7.41. The summed E-state index contributed by atoms with van der Waals surface area (Å²) in [5.41, 5.74) is 0.923. The molecule has 0 radical (unpaired) electrons. The van der Waals surface area contributed by atoms with Crippen LogP contribution in [0.5, 0.6) is 0 Å². The first-order valence-corrected chi connectivity index (χ1v) is 5.41. The molecule has 0 bridgehead atoms. The van der Waals surface area contributed by atoms with E-state index in [1.165, 1.54) is 0 Å². The molecule has 0 unspecified atom stereocenters. The van der Waals surface area contributed by atoms with Gasteiger partial charge in [-0.15, -0.1) is 0 Å². The number of hydrogen-bond donors (Lipinski definition) is 0. The molecule has 0 heterocycles. The molecule has 0 saturated carbocycles. The van der Waals surface area contributed by atoms with Crippen LogP contribution >= 0.6 is 0 Å². The number of nitrogens with zero attached hydrogens (tertiary/aromatic N) is 1. The fourth-order valence-corrected chi connectivity index (χ4v) is 1.13. The van der Waals surface area contributed by atoms with Crippen molar-refractivity contribution in [3.05, 3.63) is 30.3 Å². The number of hydrogen-bond acceptors (Lipinski definition) is 4. The highest BCUT2D eigenvalue weighted by molar-refractivity contribution is 6.60. The molecule has 0 saturated heterocycles. The molecule has 1 aromatic rings. The summed E-state index contributed by atoms with van der Waals surface area (Å²) >= 11 is 0. The van der Waals surface area contributed by atoms with Crippen molar-refractivity contribution in [3.8, 4) is 0 Å². The Morgan fingerprint density at radius 1 is 1.19 bits per heavy atom. The highest BCUT2D eigenvalue weighted by Gasteiger charge is 2.24. The highest BCUT2D eigenvalue weighted by Crippen LogP contribution is 1.96. The van der Waals surface area contributed by atoms with E-state index in [1.54, 1.807) is 19.2 Å². The SMILES string of the molecule is CCCOOB(ON(C)C)c1ccccc1. The van der Waals surface area contributed by atoms with Gasteiger partial charge in [-0.3, -0.25) is 4.81 Å². The third kappa shape index (κ3) is 4.76. The summed E-state index contributed by atoms with van der Waals surface area (Å²) in [6.45, 7) is 2.58. The van der Waals surface area contributed by atoms with Crippen molar-refractivity contribution in [1.82, 2.24) is 5.06 Å². The molecule has 0 atom stereocenters. The minimum absolute atomic E-state index is 0.525. The molecule has 88 valence electrons. The van der Waals surface area contributed by atoms with Crippen LogP contribution in [0.25, 0.3) is 0 Å². The third-order valence-corrected chi connectivity index (χ3v) is 1.82. The molecule has 5 heteroatoms. The monoisotopic (exact) mass is 223 g/mol. The minimum Gasteiger partial charge on any atom is -0.318 e. The maximum absolute atomic E-state index is 5.47. The van der Waals surface area contributed by atoms with Gasteiger partial charge in [0.05, 0.1) is 6.61 Å². The van der Waals surface area contributed by atoms with Gasteiger partial charge in [-0.05, 0) is 11.9 Å². The molecular weight excluding hydrogens is 205 g/mol. The van der Waals surface area contributed by atoms with Crippen molar-refractivity contribution in [2.45, 2.75) is 13.3 Å². The molecule has 0 aliphatic heterocycles. The summed E-state index contributed by atoms with van der Waals surface area (Å²) in [6, 6.07) is 9.69. The van der Waals surface area contributed by atoms with E-state index in [-0.39, 0.29) is 0 Å². The third-order valence-electron chi connectivity index (χ3n) is 1.82. The van der Waals surface area contributed by atoms with E-state index in [1.807, 2.05) is 37.3 Å². The van der Waals surface area contributed by atoms with Crippen LogP contribution in [0.15, 0.2) is 30.3 Å². The molecule has 4 nitrogen and oxygen atoms in total. The van der Waals surface area contributed by atoms with Gasteiger partial charge in [-0.1, -0.05) is 37.3 Å². The lowest BCUT2D eigenvalue weighted by Gasteiger charge is -2.17. The average molecular weight is 223 g/mol. The van der Waals surface area contributed by atoms with Gasteiger partial charge in [-0.25, -0.2) is 9.95 Å². The van der Waals surface area contributed by atoms with Crippen LogP contribution in [0.1, 0.15) is 13.3 Å². The molecule has 16 heavy (non-hydrogen) atoms. The number of rotatable bonds is 7. The fraction of sp³-hybridized carbons (Fsp3) is 0.455. The predicted octanol–water partition coefficient (Wildman–Crippen LogP) is 1.23. The summed E-state index contributed by atoms with van der Waals surface area (Å²) in [7, 11) is 3.08. The summed E-state index contributed by atoms with van der Waals surface area (Å²) in [5, 5.41) is 1.59.